The van der Waals surface area contributed by atoms with Gasteiger partial charge in [-0.1, -0.05) is 0 Å². The maximum atomic E-state index is 11.8. The van der Waals surface area contributed by atoms with Gasteiger partial charge in [0, 0.05) is 13.0 Å². The molecule has 96 valence electrons. The van der Waals surface area contributed by atoms with Crippen LogP contribution in [0.25, 0.3) is 0 Å². The Morgan fingerprint density at radius 2 is 2.28 bits per heavy atom. The van der Waals surface area contributed by atoms with E-state index in [1.807, 2.05) is 0 Å². The van der Waals surface area contributed by atoms with Crippen LogP contribution in [0.5, 0.6) is 0 Å². The van der Waals surface area contributed by atoms with Crippen molar-refractivity contribution in [3.8, 4) is 0 Å². The minimum Gasteiger partial charge on any atom is -0.465 e. The lowest BCUT2D eigenvalue weighted by Crippen LogP contribution is -2.26. The van der Waals surface area contributed by atoms with Crippen molar-refractivity contribution in [2.24, 2.45) is 0 Å². The van der Waals surface area contributed by atoms with Crippen molar-refractivity contribution in [2.75, 3.05) is 24.3 Å². The third-order valence-corrected chi connectivity index (χ3v) is 3.11. The maximum absolute atomic E-state index is 11.8. The Balaban J connectivity index is 2.38. The Morgan fingerprint density at radius 1 is 1.56 bits per heavy atom. The fourth-order valence-electron chi connectivity index (χ4n) is 1.92. The van der Waals surface area contributed by atoms with E-state index < -0.39 is 5.97 Å². The van der Waals surface area contributed by atoms with Crippen molar-refractivity contribution in [3.63, 3.8) is 0 Å². The molecular weight excluding hydrogens is 256 g/mol. The summed E-state index contributed by atoms with van der Waals surface area (Å²) in [4.78, 5) is 24.7. The van der Waals surface area contributed by atoms with Crippen molar-refractivity contribution in [3.05, 3.63) is 23.8 Å². The van der Waals surface area contributed by atoms with E-state index in [1.54, 1.807) is 18.2 Å². The van der Waals surface area contributed by atoms with Crippen molar-refractivity contribution < 1.29 is 14.3 Å². The molecule has 2 rings (SSSR count). The molecule has 0 bridgehead atoms. The number of rotatable bonds is 2. The van der Waals surface area contributed by atoms with Gasteiger partial charge in [-0.2, -0.15) is 0 Å². The summed E-state index contributed by atoms with van der Waals surface area (Å²) >= 11 is 5.94. The lowest BCUT2D eigenvalue weighted by molar-refractivity contribution is -0.117. The smallest absolute Gasteiger partial charge is 0.337 e. The number of nitrogens with two attached hydrogens (primary N) is 1. The number of ether oxygens (including phenoxy) is 1. The number of carbonyl (C=O) groups excluding carboxylic acids is 2. The molecule has 0 aliphatic carbocycles. The molecule has 18 heavy (non-hydrogen) atoms. The SMILES string of the molecule is COC(=O)c1ccc(N)c(N2CC(Cl)CC2=O)c1. The molecular formula is C12H13ClN2O3. The van der Waals surface area contributed by atoms with Gasteiger partial charge >= 0.3 is 5.97 Å². The zero-order chi connectivity index (χ0) is 13.3. The molecule has 6 heteroatoms. The largest absolute Gasteiger partial charge is 0.465 e. The van der Waals surface area contributed by atoms with Crippen LogP contribution in [0.2, 0.25) is 0 Å². The van der Waals surface area contributed by atoms with Crippen LogP contribution >= 0.6 is 11.6 Å². The number of anilines is 2. The zero-order valence-corrected chi connectivity index (χ0v) is 10.6. The van der Waals surface area contributed by atoms with Gasteiger partial charge in [-0.15, -0.1) is 11.6 Å². The molecule has 1 amide bonds. The van der Waals surface area contributed by atoms with Crippen LogP contribution in [0, 0.1) is 0 Å². The maximum Gasteiger partial charge on any atom is 0.337 e. The predicted molar refractivity (Wildman–Crippen MR) is 68.8 cm³/mol. The molecule has 1 aromatic rings. The Hall–Kier alpha value is -1.75. The highest BCUT2D eigenvalue weighted by atomic mass is 35.5. The van der Waals surface area contributed by atoms with E-state index in [1.165, 1.54) is 12.0 Å². The number of nitrogen functional groups attached to an aromatic ring is 1. The Bertz CT molecular complexity index is 504. The Morgan fingerprint density at radius 3 is 2.83 bits per heavy atom. The molecule has 1 saturated heterocycles. The third-order valence-electron chi connectivity index (χ3n) is 2.82. The minimum absolute atomic E-state index is 0.0938. The lowest BCUT2D eigenvalue weighted by atomic mass is 10.1. The van der Waals surface area contributed by atoms with E-state index in [4.69, 9.17) is 17.3 Å². The minimum atomic E-state index is -0.467. The second-order valence-corrected chi connectivity index (χ2v) is 4.69. The summed E-state index contributed by atoms with van der Waals surface area (Å²) in [5.41, 5.74) is 7.12. The van der Waals surface area contributed by atoms with Gasteiger partial charge < -0.3 is 15.4 Å². The number of hydrogen-bond donors (Lipinski definition) is 1. The summed E-state index contributed by atoms with van der Waals surface area (Å²) in [7, 11) is 1.30. The summed E-state index contributed by atoms with van der Waals surface area (Å²) in [5, 5.41) is -0.223. The van der Waals surface area contributed by atoms with Crippen LogP contribution < -0.4 is 10.6 Å². The zero-order valence-electron chi connectivity index (χ0n) is 9.85. The van der Waals surface area contributed by atoms with E-state index >= 15 is 0 Å². The van der Waals surface area contributed by atoms with Crippen molar-refractivity contribution in [1.29, 1.82) is 0 Å². The number of benzene rings is 1. The number of methoxy groups -OCH3 is 1. The summed E-state index contributed by atoms with van der Waals surface area (Å²) in [6.07, 6.45) is 0.281. The number of alkyl halides is 1. The van der Waals surface area contributed by atoms with E-state index in [9.17, 15) is 9.59 Å². The standard InChI is InChI=1S/C12H13ClN2O3/c1-18-12(17)7-2-3-9(14)10(4-7)15-6-8(13)5-11(15)16/h2-4,8H,5-6,14H2,1H3. The number of amides is 1. The average Bonchev–Trinajstić information content (AvgIpc) is 2.68. The van der Waals surface area contributed by atoms with Gasteiger partial charge in [0.25, 0.3) is 0 Å². The number of hydrogen-bond acceptors (Lipinski definition) is 4. The first-order chi connectivity index (χ1) is 8.52. The van der Waals surface area contributed by atoms with Crippen LogP contribution in [0.1, 0.15) is 16.8 Å². The van der Waals surface area contributed by atoms with E-state index in [2.05, 4.69) is 4.74 Å². The second-order valence-electron chi connectivity index (χ2n) is 4.07. The highest BCUT2D eigenvalue weighted by Gasteiger charge is 2.30. The summed E-state index contributed by atoms with van der Waals surface area (Å²) in [6.45, 7) is 0.398. The number of halogens is 1. The molecule has 0 saturated carbocycles. The first-order valence-electron chi connectivity index (χ1n) is 5.45. The predicted octanol–water partition coefficient (Wildman–Crippen LogP) is 1.40. The quantitative estimate of drug-likeness (QED) is 0.500. The lowest BCUT2D eigenvalue weighted by Gasteiger charge is -2.18. The molecule has 1 aliphatic rings. The number of nitrogens with zero attached hydrogens (tertiary/aromatic N) is 1. The molecule has 0 aromatic heterocycles. The molecule has 1 fully saturated rings. The second kappa shape index (κ2) is 4.86. The van der Waals surface area contributed by atoms with Crippen LogP contribution in [-0.2, 0) is 9.53 Å². The average molecular weight is 269 g/mol. The molecule has 1 unspecified atom stereocenters. The Labute approximate surface area is 109 Å². The van der Waals surface area contributed by atoms with Gasteiger partial charge in [-0.05, 0) is 18.2 Å². The van der Waals surface area contributed by atoms with E-state index in [0.717, 1.165) is 0 Å². The topological polar surface area (TPSA) is 72.6 Å². The van der Waals surface area contributed by atoms with Gasteiger partial charge in [0.15, 0.2) is 0 Å². The van der Waals surface area contributed by atoms with Crippen LogP contribution in [-0.4, -0.2) is 30.9 Å². The molecule has 5 nitrogen and oxygen atoms in total. The van der Waals surface area contributed by atoms with Gasteiger partial charge in [0.05, 0.1) is 29.4 Å². The van der Waals surface area contributed by atoms with Gasteiger partial charge in [-0.3, -0.25) is 4.79 Å². The van der Waals surface area contributed by atoms with Gasteiger partial charge in [-0.25, -0.2) is 4.79 Å². The molecule has 1 atom stereocenters. The molecule has 1 aliphatic heterocycles. The molecule has 0 radical (unpaired) electrons. The van der Waals surface area contributed by atoms with E-state index in [-0.39, 0.29) is 17.7 Å². The van der Waals surface area contributed by atoms with Gasteiger partial charge in [0.1, 0.15) is 0 Å². The number of esters is 1. The normalized spacial score (nSPS) is 19.1. The number of carbonyl (C=O) groups is 2. The summed E-state index contributed by atoms with van der Waals surface area (Å²) in [6, 6.07) is 4.69. The monoisotopic (exact) mass is 268 g/mol. The molecule has 1 aromatic carbocycles. The molecule has 0 spiro atoms. The molecule has 2 N–H and O–H groups in total. The summed E-state index contributed by atoms with van der Waals surface area (Å²) in [5.74, 6) is -0.561. The fraction of sp³-hybridized carbons (Fsp3) is 0.333. The first kappa shape index (κ1) is 12.7. The third kappa shape index (κ3) is 2.26. The highest BCUT2D eigenvalue weighted by Crippen LogP contribution is 2.30. The highest BCUT2D eigenvalue weighted by molar-refractivity contribution is 6.24. The van der Waals surface area contributed by atoms with Crippen LogP contribution in [0.3, 0.4) is 0 Å². The Kier molecular flexibility index (Phi) is 3.43. The first-order valence-corrected chi connectivity index (χ1v) is 5.89. The van der Waals surface area contributed by atoms with Gasteiger partial charge in [0.2, 0.25) is 5.91 Å². The molecule has 1 heterocycles. The summed E-state index contributed by atoms with van der Waals surface area (Å²) < 4.78 is 4.63. The van der Waals surface area contributed by atoms with Crippen molar-refractivity contribution in [1.82, 2.24) is 0 Å². The van der Waals surface area contributed by atoms with Crippen molar-refractivity contribution in [2.45, 2.75) is 11.8 Å². The van der Waals surface area contributed by atoms with Crippen LogP contribution in [0.4, 0.5) is 11.4 Å². The van der Waals surface area contributed by atoms with Crippen molar-refractivity contribution >= 4 is 34.9 Å². The van der Waals surface area contributed by atoms with Crippen LogP contribution in [0.15, 0.2) is 18.2 Å². The van der Waals surface area contributed by atoms with E-state index in [0.29, 0.717) is 23.5 Å². The fourth-order valence-corrected chi connectivity index (χ4v) is 2.19.